The van der Waals surface area contributed by atoms with Gasteiger partial charge in [-0.05, 0) is 41.5 Å². The Kier molecular flexibility index (Phi) is 11.3. The minimum absolute atomic E-state index is 0.0266. The van der Waals surface area contributed by atoms with Gasteiger partial charge in [-0.15, -0.1) is 0 Å². The van der Waals surface area contributed by atoms with Crippen molar-refractivity contribution in [1.29, 1.82) is 5.26 Å². The molecule has 0 heterocycles. The average molecular weight is 437 g/mol. The molecule has 0 saturated heterocycles. The van der Waals surface area contributed by atoms with Gasteiger partial charge in [0.15, 0.2) is 23.0 Å². The molecule has 0 atom stereocenters. The van der Waals surface area contributed by atoms with Gasteiger partial charge in [0.05, 0.1) is 14.2 Å². The summed E-state index contributed by atoms with van der Waals surface area (Å²) in [5.41, 5.74) is 1.43. The van der Waals surface area contributed by atoms with Gasteiger partial charge < -0.3 is 25.0 Å². The molecule has 0 aromatic heterocycles. The molecule has 2 rings (SSSR count). The molecule has 7 nitrogen and oxygen atoms in total. The van der Waals surface area contributed by atoms with E-state index < -0.39 is 5.91 Å². The summed E-state index contributed by atoms with van der Waals surface area (Å²) in [5.74, 6) is 0.217. The van der Waals surface area contributed by atoms with Crippen molar-refractivity contribution in [3.8, 4) is 29.1 Å². The Morgan fingerprint density at radius 3 is 2.34 bits per heavy atom. The van der Waals surface area contributed by atoms with Crippen molar-refractivity contribution in [2.24, 2.45) is 0 Å². The standard InChI is InChI=1S/C23H22N2O5.C2H6/c1-29-21-11-9-17(12-20(21)27)15-25-23(28)18(14-24)7-5-3-4-6-16-8-10-19(26)22(13-16)30-2;1-2/h3-13,26-27H,15H2,1-2H3,(H,25,28);1-2H3/b5-3+,6-4+,18-7+;. The zero-order chi connectivity index (χ0) is 23.9. The van der Waals surface area contributed by atoms with Gasteiger partial charge in [-0.1, -0.05) is 50.3 Å². The van der Waals surface area contributed by atoms with Crippen molar-refractivity contribution in [3.63, 3.8) is 0 Å². The molecule has 0 fully saturated rings. The summed E-state index contributed by atoms with van der Waals surface area (Å²) in [6, 6.07) is 11.6. The first kappa shape index (κ1) is 25.9. The molecule has 0 unspecified atom stereocenters. The summed E-state index contributed by atoms with van der Waals surface area (Å²) in [4.78, 5) is 12.2. The molecular formula is C25H28N2O5. The Hall–Kier alpha value is -4.18. The van der Waals surface area contributed by atoms with Gasteiger partial charge in [-0.25, -0.2) is 0 Å². The van der Waals surface area contributed by atoms with Gasteiger partial charge in [-0.3, -0.25) is 4.79 Å². The minimum atomic E-state index is -0.523. The number of hydrogen-bond donors (Lipinski definition) is 3. The first-order chi connectivity index (χ1) is 15.5. The fourth-order valence-electron chi connectivity index (χ4n) is 2.47. The molecule has 0 spiro atoms. The highest BCUT2D eigenvalue weighted by Crippen LogP contribution is 2.27. The maximum Gasteiger partial charge on any atom is 0.262 e. The third-order valence-corrected chi connectivity index (χ3v) is 4.04. The Morgan fingerprint density at radius 2 is 1.72 bits per heavy atom. The predicted molar refractivity (Wildman–Crippen MR) is 124 cm³/mol. The number of phenolic OH excluding ortho intramolecular Hbond substituents is 2. The Balaban J connectivity index is 0.00000249. The molecule has 2 aromatic rings. The van der Waals surface area contributed by atoms with Gasteiger partial charge in [0.2, 0.25) is 0 Å². The normalized spacial score (nSPS) is 10.9. The van der Waals surface area contributed by atoms with E-state index in [1.807, 2.05) is 19.9 Å². The van der Waals surface area contributed by atoms with Crippen molar-refractivity contribution in [2.45, 2.75) is 20.4 Å². The molecule has 0 saturated carbocycles. The number of nitriles is 1. The third-order valence-electron chi connectivity index (χ3n) is 4.04. The van der Waals surface area contributed by atoms with Crippen molar-refractivity contribution in [2.75, 3.05) is 14.2 Å². The number of phenols is 2. The molecule has 2 aromatic carbocycles. The van der Waals surface area contributed by atoms with Crippen LogP contribution in [-0.2, 0) is 11.3 Å². The summed E-state index contributed by atoms with van der Waals surface area (Å²) >= 11 is 0. The highest BCUT2D eigenvalue weighted by molar-refractivity contribution is 5.97. The summed E-state index contributed by atoms with van der Waals surface area (Å²) in [7, 11) is 2.92. The zero-order valence-corrected chi connectivity index (χ0v) is 18.6. The first-order valence-corrected chi connectivity index (χ1v) is 9.94. The lowest BCUT2D eigenvalue weighted by Gasteiger charge is -2.07. The predicted octanol–water partition coefficient (Wildman–Crippen LogP) is 4.48. The SMILES string of the molecule is CC.COc1ccc(CNC(=O)/C(C#N)=C/C=C/C=C/c2ccc(O)c(OC)c2)cc1O. The summed E-state index contributed by atoms with van der Waals surface area (Å²) in [6.07, 6.45) is 8.17. The van der Waals surface area contributed by atoms with Gasteiger partial charge in [0.1, 0.15) is 11.6 Å². The number of ether oxygens (including phenoxy) is 2. The molecule has 3 N–H and O–H groups in total. The molecule has 32 heavy (non-hydrogen) atoms. The number of benzene rings is 2. The quantitative estimate of drug-likeness (QED) is 0.320. The Labute approximate surface area is 188 Å². The second-order valence-electron chi connectivity index (χ2n) is 6.06. The molecule has 1 amide bonds. The van der Waals surface area contributed by atoms with Crippen LogP contribution in [0.15, 0.2) is 66.3 Å². The number of rotatable bonds is 8. The lowest BCUT2D eigenvalue weighted by Crippen LogP contribution is -2.23. The van der Waals surface area contributed by atoms with Crippen molar-refractivity contribution >= 4 is 12.0 Å². The molecule has 0 aliphatic heterocycles. The number of allylic oxidation sites excluding steroid dienone is 4. The van der Waals surface area contributed by atoms with Crippen LogP contribution in [0.5, 0.6) is 23.0 Å². The smallest absolute Gasteiger partial charge is 0.262 e. The van der Waals surface area contributed by atoms with Crippen LogP contribution in [0.2, 0.25) is 0 Å². The van der Waals surface area contributed by atoms with Gasteiger partial charge in [-0.2, -0.15) is 5.26 Å². The van der Waals surface area contributed by atoms with Crippen molar-refractivity contribution in [1.82, 2.24) is 5.32 Å². The van der Waals surface area contributed by atoms with E-state index >= 15 is 0 Å². The second kappa shape index (κ2) is 13.9. The molecule has 0 aliphatic carbocycles. The maximum atomic E-state index is 12.2. The van der Waals surface area contributed by atoms with Gasteiger partial charge in [0.25, 0.3) is 5.91 Å². The van der Waals surface area contributed by atoms with Crippen LogP contribution in [0.25, 0.3) is 6.08 Å². The topological polar surface area (TPSA) is 112 Å². The third kappa shape index (κ3) is 7.92. The zero-order valence-electron chi connectivity index (χ0n) is 18.6. The lowest BCUT2D eigenvalue weighted by atomic mass is 10.1. The largest absolute Gasteiger partial charge is 0.504 e. The number of carbonyl (C=O) groups excluding carboxylic acids is 1. The van der Waals surface area contributed by atoms with Crippen LogP contribution < -0.4 is 14.8 Å². The fourth-order valence-corrected chi connectivity index (χ4v) is 2.47. The number of amides is 1. The van der Waals surface area contributed by atoms with E-state index in [9.17, 15) is 20.3 Å². The number of aromatic hydroxyl groups is 2. The van der Waals surface area contributed by atoms with E-state index in [-0.39, 0.29) is 23.6 Å². The van der Waals surface area contributed by atoms with Crippen LogP contribution in [-0.4, -0.2) is 30.3 Å². The van der Waals surface area contributed by atoms with E-state index in [0.717, 1.165) is 5.56 Å². The van der Waals surface area contributed by atoms with Crippen molar-refractivity contribution in [3.05, 3.63) is 77.4 Å². The van der Waals surface area contributed by atoms with Crippen LogP contribution in [0.3, 0.4) is 0 Å². The fraction of sp³-hybridized carbons (Fsp3) is 0.200. The van der Waals surface area contributed by atoms with Crippen LogP contribution >= 0.6 is 0 Å². The highest BCUT2D eigenvalue weighted by atomic mass is 16.5. The van der Waals surface area contributed by atoms with Crippen LogP contribution in [0, 0.1) is 11.3 Å². The van der Waals surface area contributed by atoms with Gasteiger partial charge in [0, 0.05) is 6.54 Å². The highest BCUT2D eigenvalue weighted by Gasteiger charge is 2.08. The number of carbonyl (C=O) groups is 1. The molecule has 0 bridgehead atoms. The number of hydrogen-bond acceptors (Lipinski definition) is 6. The van der Waals surface area contributed by atoms with E-state index in [0.29, 0.717) is 17.1 Å². The summed E-state index contributed by atoms with van der Waals surface area (Å²) < 4.78 is 10.0. The number of nitrogens with zero attached hydrogens (tertiary/aromatic N) is 1. The van der Waals surface area contributed by atoms with E-state index in [1.54, 1.807) is 48.6 Å². The minimum Gasteiger partial charge on any atom is -0.504 e. The average Bonchev–Trinajstić information content (AvgIpc) is 2.82. The second-order valence-corrected chi connectivity index (χ2v) is 6.06. The van der Waals surface area contributed by atoms with E-state index in [1.165, 1.54) is 32.4 Å². The monoisotopic (exact) mass is 436 g/mol. The molecule has 7 heteroatoms. The van der Waals surface area contributed by atoms with Crippen LogP contribution in [0.4, 0.5) is 0 Å². The summed E-state index contributed by atoms with van der Waals surface area (Å²) in [5, 5.41) is 31.2. The maximum absolute atomic E-state index is 12.2. The summed E-state index contributed by atoms with van der Waals surface area (Å²) in [6.45, 7) is 4.15. The van der Waals surface area contributed by atoms with E-state index in [2.05, 4.69) is 5.32 Å². The molecule has 0 radical (unpaired) electrons. The first-order valence-electron chi connectivity index (χ1n) is 9.94. The number of methoxy groups -OCH3 is 2. The Morgan fingerprint density at radius 1 is 1.00 bits per heavy atom. The van der Waals surface area contributed by atoms with Crippen molar-refractivity contribution < 1.29 is 24.5 Å². The Bertz CT molecular complexity index is 1030. The molecule has 0 aliphatic rings. The molecule has 168 valence electrons. The van der Waals surface area contributed by atoms with Crippen LogP contribution in [0.1, 0.15) is 25.0 Å². The molecular weight excluding hydrogens is 408 g/mol. The van der Waals surface area contributed by atoms with E-state index in [4.69, 9.17) is 9.47 Å². The van der Waals surface area contributed by atoms with Gasteiger partial charge >= 0.3 is 0 Å². The number of nitrogens with one attached hydrogen (secondary N) is 1. The lowest BCUT2D eigenvalue weighted by molar-refractivity contribution is -0.117.